The maximum atomic E-state index is 12.2. The first-order valence-corrected chi connectivity index (χ1v) is 12.8. The number of ether oxygens (including phenoxy) is 1. The molecule has 0 aliphatic carbocycles. The summed E-state index contributed by atoms with van der Waals surface area (Å²) < 4.78 is 4.78. The zero-order chi connectivity index (χ0) is 25.3. The van der Waals surface area contributed by atoms with E-state index in [2.05, 4.69) is 64.4 Å². The molecule has 0 saturated carbocycles. The fourth-order valence-corrected chi connectivity index (χ4v) is 5.20. The Morgan fingerprint density at radius 2 is 1.68 bits per heavy atom. The summed E-state index contributed by atoms with van der Waals surface area (Å²) in [4.78, 5) is 30.4. The van der Waals surface area contributed by atoms with E-state index in [0.29, 0.717) is 18.8 Å². The van der Waals surface area contributed by atoms with Crippen LogP contribution in [0, 0.1) is 0 Å². The predicted octanol–water partition coefficient (Wildman–Crippen LogP) is 6.16. The molecule has 1 aromatic heterocycles. The van der Waals surface area contributed by atoms with Gasteiger partial charge in [0.1, 0.15) is 5.75 Å². The molecule has 0 radical (unpaired) electrons. The maximum Gasteiger partial charge on any atom is 0.415 e. The van der Waals surface area contributed by atoms with Gasteiger partial charge in [0.05, 0.1) is 17.3 Å². The fourth-order valence-electron chi connectivity index (χ4n) is 4.20. The zero-order valence-corrected chi connectivity index (χ0v) is 22.1. The molecular formula is C26H37N3O4S. The van der Waals surface area contributed by atoms with Crippen LogP contribution in [0.2, 0.25) is 0 Å². The standard InChI is InChI=1S/C26H37N3O4S/c1-8-33-24(32)28-23(31)29-11-9-16(10-12-29)22-27-20(15-34-22)17-13-18(25(2,3)4)21(30)19(14-17)26(5,6)7/h13-16,30H,8-12H2,1-7H3,(H,28,31,32). The van der Waals surface area contributed by atoms with Crippen molar-refractivity contribution < 1.29 is 19.4 Å². The highest BCUT2D eigenvalue weighted by Gasteiger charge is 2.29. The molecule has 3 rings (SSSR count). The third kappa shape index (κ3) is 5.90. The van der Waals surface area contributed by atoms with Gasteiger partial charge in [-0.05, 0) is 42.7 Å². The Hall–Kier alpha value is -2.61. The first-order chi connectivity index (χ1) is 15.8. The number of piperidine rings is 1. The van der Waals surface area contributed by atoms with Gasteiger partial charge in [-0.1, -0.05) is 41.5 Å². The van der Waals surface area contributed by atoms with Crippen LogP contribution in [0.1, 0.15) is 83.4 Å². The summed E-state index contributed by atoms with van der Waals surface area (Å²) in [5.41, 5.74) is 3.38. The van der Waals surface area contributed by atoms with Crippen molar-refractivity contribution in [3.8, 4) is 17.0 Å². The first kappa shape index (κ1) is 26.0. The van der Waals surface area contributed by atoms with Crippen LogP contribution in [0.3, 0.4) is 0 Å². The molecule has 7 nitrogen and oxygen atoms in total. The number of rotatable bonds is 3. The highest BCUT2D eigenvalue weighted by Crippen LogP contribution is 2.42. The summed E-state index contributed by atoms with van der Waals surface area (Å²) in [5.74, 6) is 0.638. The summed E-state index contributed by atoms with van der Waals surface area (Å²) in [7, 11) is 0. The maximum absolute atomic E-state index is 12.2. The molecule has 0 unspecified atom stereocenters. The molecule has 0 bridgehead atoms. The number of hydrogen-bond donors (Lipinski definition) is 2. The summed E-state index contributed by atoms with van der Waals surface area (Å²) in [6, 6.07) is 3.71. The lowest BCUT2D eigenvalue weighted by Crippen LogP contribution is -2.46. The second kappa shape index (κ2) is 9.94. The molecule has 1 fully saturated rings. The number of aromatic hydroxyl groups is 1. The summed E-state index contributed by atoms with van der Waals surface area (Å²) >= 11 is 1.64. The van der Waals surface area contributed by atoms with Gasteiger partial charge in [0.2, 0.25) is 0 Å². The number of nitrogens with zero attached hydrogens (tertiary/aromatic N) is 2. The Kier molecular flexibility index (Phi) is 7.60. The summed E-state index contributed by atoms with van der Waals surface area (Å²) in [6.07, 6.45) is 0.871. The molecule has 0 atom stereocenters. The van der Waals surface area contributed by atoms with Gasteiger partial charge in [-0.15, -0.1) is 11.3 Å². The minimum atomic E-state index is -0.711. The number of hydrogen-bond acceptors (Lipinski definition) is 6. The van der Waals surface area contributed by atoms with Crippen LogP contribution in [-0.4, -0.2) is 46.8 Å². The number of aromatic nitrogens is 1. The number of alkyl carbamates (subject to hydrolysis) is 1. The van der Waals surface area contributed by atoms with E-state index in [0.717, 1.165) is 40.2 Å². The Labute approximate surface area is 206 Å². The molecule has 0 spiro atoms. The van der Waals surface area contributed by atoms with Crippen molar-refractivity contribution in [3.05, 3.63) is 33.6 Å². The lowest BCUT2D eigenvalue weighted by molar-refractivity contribution is 0.143. The normalized spacial score (nSPS) is 15.3. The monoisotopic (exact) mass is 487 g/mol. The molecule has 1 aliphatic rings. The third-order valence-electron chi connectivity index (χ3n) is 6.16. The fraction of sp³-hybridized carbons (Fsp3) is 0.577. The number of phenols is 1. The van der Waals surface area contributed by atoms with Gasteiger partial charge < -0.3 is 14.7 Å². The summed E-state index contributed by atoms with van der Waals surface area (Å²) in [5, 5.41) is 16.4. The smallest absolute Gasteiger partial charge is 0.415 e. The van der Waals surface area contributed by atoms with Crippen LogP contribution in [0.15, 0.2) is 17.5 Å². The summed E-state index contributed by atoms with van der Waals surface area (Å²) in [6.45, 7) is 15.7. The number of thiazole rings is 1. The van der Waals surface area contributed by atoms with Crippen molar-refractivity contribution in [3.63, 3.8) is 0 Å². The molecule has 186 valence electrons. The molecule has 1 saturated heterocycles. The largest absolute Gasteiger partial charge is 0.507 e. The number of carbonyl (C=O) groups excluding carboxylic acids is 2. The average molecular weight is 488 g/mol. The highest BCUT2D eigenvalue weighted by atomic mass is 32.1. The van der Waals surface area contributed by atoms with Crippen LogP contribution in [0.25, 0.3) is 11.3 Å². The van der Waals surface area contributed by atoms with Crippen LogP contribution in [0.4, 0.5) is 9.59 Å². The number of imide groups is 1. The molecule has 34 heavy (non-hydrogen) atoms. The molecule has 3 amide bonds. The van der Waals surface area contributed by atoms with Crippen molar-refractivity contribution in [2.75, 3.05) is 19.7 Å². The lowest BCUT2D eigenvalue weighted by atomic mass is 9.78. The van der Waals surface area contributed by atoms with E-state index in [1.165, 1.54) is 0 Å². The van der Waals surface area contributed by atoms with Gasteiger partial charge >= 0.3 is 12.1 Å². The van der Waals surface area contributed by atoms with Gasteiger partial charge in [-0.25, -0.2) is 19.9 Å². The number of phenolic OH excluding ortho intramolecular Hbond substituents is 1. The number of amides is 3. The topological polar surface area (TPSA) is 91.8 Å². The first-order valence-electron chi connectivity index (χ1n) is 11.9. The Balaban J connectivity index is 1.77. The lowest BCUT2D eigenvalue weighted by Gasteiger charge is -2.30. The van der Waals surface area contributed by atoms with Gasteiger partial charge in [0.25, 0.3) is 0 Å². The van der Waals surface area contributed by atoms with Crippen molar-refractivity contribution in [1.29, 1.82) is 0 Å². The predicted molar refractivity (Wildman–Crippen MR) is 136 cm³/mol. The second-order valence-corrected chi connectivity index (χ2v) is 11.8. The van der Waals surface area contributed by atoms with E-state index in [-0.39, 0.29) is 23.4 Å². The van der Waals surface area contributed by atoms with Crippen molar-refractivity contribution in [1.82, 2.24) is 15.2 Å². The molecule has 2 heterocycles. The molecule has 8 heteroatoms. The number of likely N-dealkylation sites (tertiary alicyclic amines) is 1. The Bertz CT molecular complexity index is 1010. The van der Waals surface area contributed by atoms with Gasteiger partial charge in [0.15, 0.2) is 0 Å². The van der Waals surface area contributed by atoms with E-state index in [1.807, 2.05) is 0 Å². The van der Waals surface area contributed by atoms with E-state index in [4.69, 9.17) is 9.72 Å². The van der Waals surface area contributed by atoms with Crippen molar-refractivity contribution in [2.24, 2.45) is 0 Å². The second-order valence-electron chi connectivity index (χ2n) is 10.9. The molecule has 1 aliphatic heterocycles. The van der Waals surface area contributed by atoms with Gasteiger partial charge in [-0.2, -0.15) is 0 Å². The number of carbonyl (C=O) groups is 2. The molecule has 2 N–H and O–H groups in total. The number of benzene rings is 1. The molecule has 2 aromatic rings. The van der Waals surface area contributed by atoms with E-state index < -0.39 is 12.1 Å². The van der Waals surface area contributed by atoms with Crippen molar-refractivity contribution in [2.45, 2.75) is 78.1 Å². The number of urea groups is 1. The quantitative estimate of drug-likeness (QED) is 0.541. The van der Waals surface area contributed by atoms with Crippen LogP contribution in [0.5, 0.6) is 5.75 Å². The third-order valence-corrected chi connectivity index (χ3v) is 7.17. The SMILES string of the molecule is CCOC(=O)NC(=O)N1CCC(c2nc(-c3cc(C(C)(C)C)c(O)c(C(C)(C)C)c3)cs2)CC1. The molecule has 1 aromatic carbocycles. The Morgan fingerprint density at radius 1 is 1.12 bits per heavy atom. The Morgan fingerprint density at radius 3 is 2.18 bits per heavy atom. The van der Waals surface area contributed by atoms with E-state index >= 15 is 0 Å². The average Bonchev–Trinajstić information content (AvgIpc) is 3.22. The minimum absolute atomic E-state index is 0.199. The zero-order valence-electron chi connectivity index (χ0n) is 21.3. The molecular weight excluding hydrogens is 450 g/mol. The van der Waals surface area contributed by atoms with Gasteiger partial charge in [-0.3, -0.25) is 0 Å². The van der Waals surface area contributed by atoms with Crippen LogP contribution < -0.4 is 5.32 Å². The van der Waals surface area contributed by atoms with Gasteiger partial charge in [0, 0.05) is 41.1 Å². The highest BCUT2D eigenvalue weighted by molar-refractivity contribution is 7.10. The van der Waals surface area contributed by atoms with Crippen LogP contribution >= 0.6 is 11.3 Å². The number of nitrogens with one attached hydrogen (secondary N) is 1. The van der Waals surface area contributed by atoms with E-state index in [1.54, 1.807) is 23.2 Å². The minimum Gasteiger partial charge on any atom is -0.507 e. The van der Waals surface area contributed by atoms with E-state index in [9.17, 15) is 14.7 Å². The van der Waals surface area contributed by atoms with Crippen molar-refractivity contribution >= 4 is 23.5 Å². The van der Waals surface area contributed by atoms with Crippen LogP contribution in [-0.2, 0) is 15.6 Å².